The molecule has 0 unspecified atom stereocenters. The number of aromatic nitrogens is 1. The van der Waals surface area contributed by atoms with Crippen molar-refractivity contribution in [1.82, 2.24) is 9.88 Å². The first-order chi connectivity index (χ1) is 16.1. The van der Waals surface area contributed by atoms with Gasteiger partial charge in [-0.25, -0.2) is 0 Å². The maximum Gasteiger partial charge on any atom is 0.266 e. The van der Waals surface area contributed by atoms with E-state index in [-0.39, 0.29) is 18.0 Å². The standard InChI is InChI=1S/C27H26ClN3OS/c28-25-23-8-1-2-9-24(23)33-26(25)27(32)31(22-12-10-21(29)11-13-22)17-18-5-3-6-19(15-18)20-7-4-14-30-16-20/h1-9,14-16,21-22H,10-13,17,29H2. The lowest BCUT2D eigenvalue weighted by Gasteiger charge is -2.36. The molecule has 4 aromatic rings. The van der Waals surface area contributed by atoms with Crippen LogP contribution < -0.4 is 5.73 Å². The number of rotatable bonds is 5. The molecule has 0 bridgehead atoms. The van der Waals surface area contributed by atoms with Crippen molar-refractivity contribution in [2.45, 2.75) is 44.3 Å². The van der Waals surface area contributed by atoms with Crippen LogP contribution in [0.25, 0.3) is 21.2 Å². The largest absolute Gasteiger partial charge is 0.331 e. The van der Waals surface area contributed by atoms with Crippen LogP contribution >= 0.6 is 22.9 Å². The van der Waals surface area contributed by atoms with Crippen molar-refractivity contribution in [3.63, 3.8) is 0 Å². The van der Waals surface area contributed by atoms with Gasteiger partial charge in [0.05, 0.1) is 5.02 Å². The van der Waals surface area contributed by atoms with Crippen LogP contribution in [0.2, 0.25) is 5.02 Å². The van der Waals surface area contributed by atoms with Gasteiger partial charge in [-0.1, -0.05) is 54.1 Å². The van der Waals surface area contributed by atoms with Crippen LogP contribution in [-0.2, 0) is 6.54 Å². The lowest BCUT2D eigenvalue weighted by atomic mass is 9.90. The van der Waals surface area contributed by atoms with E-state index in [1.807, 2.05) is 47.5 Å². The number of nitrogens with zero attached hydrogens (tertiary/aromatic N) is 2. The van der Waals surface area contributed by atoms with Gasteiger partial charge in [0.25, 0.3) is 5.91 Å². The molecular formula is C27H26ClN3OS. The Balaban J connectivity index is 1.48. The molecule has 2 aromatic carbocycles. The first kappa shape index (κ1) is 22.1. The number of benzene rings is 2. The number of fused-ring (bicyclic) bond motifs is 1. The van der Waals surface area contributed by atoms with Crippen molar-refractivity contribution in [2.75, 3.05) is 0 Å². The average molecular weight is 476 g/mol. The summed E-state index contributed by atoms with van der Waals surface area (Å²) >= 11 is 8.18. The first-order valence-electron chi connectivity index (χ1n) is 11.3. The van der Waals surface area contributed by atoms with Gasteiger partial charge in [-0.2, -0.15) is 0 Å². The molecule has 1 amide bonds. The van der Waals surface area contributed by atoms with E-state index < -0.39 is 0 Å². The number of amides is 1. The highest BCUT2D eigenvalue weighted by atomic mass is 35.5. The maximum atomic E-state index is 13.9. The van der Waals surface area contributed by atoms with Crippen molar-refractivity contribution in [3.05, 3.63) is 88.5 Å². The summed E-state index contributed by atoms with van der Waals surface area (Å²) in [5.74, 6) is 0.00783. The number of carbonyl (C=O) groups excluding carboxylic acids is 1. The van der Waals surface area contributed by atoms with Crippen LogP contribution in [0.15, 0.2) is 73.1 Å². The van der Waals surface area contributed by atoms with Gasteiger partial charge in [-0.05, 0) is 60.6 Å². The third-order valence-corrected chi connectivity index (χ3v) is 8.11. The van der Waals surface area contributed by atoms with Gasteiger partial charge in [0.2, 0.25) is 0 Å². The summed E-state index contributed by atoms with van der Waals surface area (Å²) < 4.78 is 1.04. The minimum Gasteiger partial charge on any atom is -0.331 e. The summed E-state index contributed by atoms with van der Waals surface area (Å²) in [5, 5.41) is 1.50. The highest BCUT2D eigenvalue weighted by Crippen LogP contribution is 2.37. The lowest BCUT2D eigenvalue weighted by molar-refractivity contribution is 0.0611. The number of halogens is 1. The third kappa shape index (κ3) is 4.67. The maximum absolute atomic E-state index is 13.9. The monoisotopic (exact) mass is 475 g/mol. The second-order valence-electron chi connectivity index (χ2n) is 8.69. The summed E-state index contributed by atoms with van der Waals surface area (Å²) in [6.45, 7) is 0.539. The molecule has 1 aliphatic rings. The fourth-order valence-electron chi connectivity index (χ4n) is 4.64. The minimum atomic E-state index is 0.00783. The fraction of sp³-hybridized carbons (Fsp3) is 0.259. The Kier molecular flexibility index (Phi) is 6.45. The molecule has 4 nitrogen and oxygen atoms in total. The molecule has 6 heteroatoms. The van der Waals surface area contributed by atoms with E-state index in [9.17, 15) is 4.79 Å². The second-order valence-corrected chi connectivity index (χ2v) is 10.1. The van der Waals surface area contributed by atoms with E-state index >= 15 is 0 Å². The van der Waals surface area contributed by atoms with Crippen LogP contribution in [0.1, 0.15) is 40.9 Å². The van der Waals surface area contributed by atoms with E-state index in [2.05, 4.69) is 29.2 Å². The Labute approximate surface area is 203 Å². The molecule has 1 fully saturated rings. The average Bonchev–Trinajstić information content (AvgIpc) is 3.20. The number of thiophene rings is 1. The molecule has 0 saturated heterocycles. The minimum absolute atomic E-state index is 0.00783. The Morgan fingerprint density at radius 3 is 2.58 bits per heavy atom. The molecule has 1 aliphatic carbocycles. The van der Waals surface area contributed by atoms with Gasteiger partial charge in [0.15, 0.2) is 0 Å². The smallest absolute Gasteiger partial charge is 0.266 e. The molecule has 1 saturated carbocycles. The summed E-state index contributed by atoms with van der Waals surface area (Å²) in [6.07, 6.45) is 7.34. The normalized spacial score (nSPS) is 18.4. The third-order valence-electron chi connectivity index (χ3n) is 6.45. The zero-order chi connectivity index (χ0) is 22.8. The van der Waals surface area contributed by atoms with Gasteiger partial charge in [0.1, 0.15) is 4.88 Å². The van der Waals surface area contributed by atoms with Gasteiger partial charge < -0.3 is 10.6 Å². The molecule has 0 aliphatic heterocycles. The predicted octanol–water partition coefficient (Wildman–Crippen LogP) is 6.53. The fourth-order valence-corrected chi connectivity index (χ4v) is 6.11. The van der Waals surface area contributed by atoms with E-state index in [1.165, 1.54) is 11.3 Å². The van der Waals surface area contributed by atoms with Crippen LogP contribution in [-0.4, -0.2) is 27.9 Å². The van der Waals surface area contributed by atoms with E-state index in [0.29, 0.717) is 16.4 Å². The summed E-state index contributed by atoms with van der Waals surface area (Å²) in [6, 6.07) is 20.7. The highest BCUT2D eigenvalue weighted by molar-refractivity contribution is 7.21. The van der Waals surface area contributed by atoms with E-state index in [1.54, 1.807) is 6.20 Å². The zero-order valence-electron chi connectivity index (χ0n) is 18.3. The highest BCUT2D eigenvalue weighted by Gasteiger charge is 2.31. The molecule has 2 N–H and O–H groups in total. The van der Waals surface area contributed by atoms with Gasteiger partial charge >= 0.3 is 0 Å². The Bertz CT molecular complexity index is 1260. The lowest BCUT2D eigenvalue weighted by Crippen LogP contribution is -2.43. The number of pyridine rings is 1. The molecule has 168 valence electrons. The molecule has 0 spiro atoms. The Morgan fingerprint density at radius 1 is 1.03 bits per heavy atom. The number of hydrogen-bond donors (Lipinski definition) is 1. The number of nitrogens with two attached hydrogens (primary N) is 1. The van der Waals surface area contributed by atoms with E-state index in [4.69, 9.17) is 17.3 Å². The zero-order valence-corrected chi connectivity index (χ0v) is 19.9. The Morgan fingerprint density at radius 2 is 1.82 bits per heavy atom. The van der Waals surface area contributed by atoms with Crippen molar-refractivity contribution in [1.29, 1.82) is 0 Å². The number of hydrogen-bond acceptors (Lipinski definition) is 4. The topological polar surface area (TPSA) is 59.2 Å². The second kappa shape index (κ2) is 9.64. The quantitative estimate of drug-likeness (QED) is 0.357. The molecular weight excluding hydrogens is 450 g/mol. The van der Waals surface area contributed by atoms with Gasteiger partial charge in [-0.3, -0.25) is 9.78 Å². The molecule has 33 heavy (non-hydrogen) atoms. The summed E-state index contributed by atoms with van der Waals surface area (Å²) in [4.78, 5) is 20.8. The van der Waals surface area contributed by atoms with Crippen molar-refractivity contribution < 1.29 is 4.79 Å². The van der Waals surface area contributed by atoms with Crippen molar-refractivity contribution in [2.24, 2.45) is 5.73 Å². The predicted molar refractivity (Wildman–Crippen MR) is 137 cm³/mol. The van der Waals surface area contributed by atoms with Crippen molar-refractivity contribution >= 4 is 38.9 Å². The van der Waals surface area contributed by atoms with Crippen molar-refractivity contribution in [3.8, 4) is 11.1 Å². The molecule has 0 radical (unpaired) electrons. The molecule has 2 aromatic heterocycles. The van der Waals surface area contributed by atoms with Gasteiger partial charge in [-0.15, -0.1) is 11.3 Å². The van der Waals surface area contributed by atoms with Crippen LogP contribution in [0.5, 0.6) is 0 Å². The summed E-state index contributed by atoms with van der Waals surface area (Å²) in [5.41, 5.74) is 9.42. The summed E-state index contributed by atoms with van der Waals surface area (Å²) in [7, 11) is 0. The SMILES string of the molecule is NC1CCC(N(Cc2cccc(-c3cccnc3)c2)C(=O)c2sc3ccccc3c2Cl)CC1. The van der Waals surface area contributed by atoms with Gasteiger partial charge in [0, 0.05) is 41.1 Å². The molecule has 5 rings (SSSR count). The number of carbonyl (C=O) groups is 1. The first-order valence-corrected chi connectivity index (χ1v) is 12.5. The van der Waals surface area contributed by atoms with E-state index in [0.717, 1.165) is 52.5 Å². The molecule has 2 heterocycles. The molecule has 0 atom stereocenters. The van der Waals surface area contributed by atoms with Crippen LogP contribution in [0, 0.1) is 0 Å². The van der Waals surface area contributed by atoms with Crippen LogP contribution in [0.4, 0.5) is 0 Å². The van der Waals surface area contributed by atoms with Crippen LogP contribution in [0.3, 0.4) is 0 Å². The Hall–Kier alpha value is -2.73.